The van der Waals surface area contributed by atoms with E-state index in [1.54, 1.807) is 32.4 Å². The smallest absolute Gasteiger partial charge is 0.253 e. The molecule has 0 spiro atoms. The zero-order valence-corrected chi connectivity index (χ0v) is 13.3. The summed E-state index contributed by atoms with van der Waals surface area (Å²) in [6, 6.07) is 8.44. The maximum Gasteiger partial charge on any atom is 0.253 e. The molecule has 0 aliphatic heterocycles. The Balaban J connectivity index is 2.16. The number of nitrogens with zero attached hydrogens (tertiary/aromatic N) is 1. The zero-order chi connectivity index (χ0) is 16.1. The van der Waals surface area contributed by atoms with Crippen LogP contribution in [0.25, 0.3) is 0 Å². The molecule has 0 saturated heterocycles. The minimum absolute atomic E-state index is 0.227. The van der Waals surface area contributed by atoms with Gasteiger partial charge >= 0.3 is 0 Å². The summed E-state index contributed by atoms with van der Waals surface area (Å²) in [7, 11) is 3.17. The van der Waals surface area contributed by atoms with E-state index >= 15 is 0 Å². The highest BCUT2D eigenvalue weighted by Crippen LogP contribution is 2.29. The second-order valence-electron chi connectivity index (χ2n) is 4.67. The Hall–Kier alpha value is -2.27. The van der Waals surface area contributed by atoms with Gasteiger partial charge in [0.25, 0.3) is 5.91 Å². The average molecular weight is 321 g/mol. The second kappa shape index (κ2) is 7.13. The van der Waals surface area contributed by atoms with Gasteiger partial charge in [0, 0.05) is 17.8 Å². The highest BCUT2D eigenvalue weighted by atomic mass is 35.5. The van der Waals surface area contributed by atoms with Gasteiger partial charge in [-0.2, -0.15) is 0 Å². The Morgan fingerprint density at radius 1 is 1.23 bits per heavy atom. The number of hydrogen-bond donors (Lipinski definition) is 1. The fraction of sp³-hybridized carbons (Fsp3) is 0.250. The third kappa shape index (κ3) is 3.68. The normalized spacial score (nSPS) is 11.6. The van der Waals surface area contributed by atoms with E-state index in [0.717, 1.165) is 5.56 Å². The van der Waals surface area contributed by atoms with Gasteiger partial charge in [0.05, 0.1) is 25.8 Å². The number of amides is 1. The van der Waals surface area contributed by atoms with E-state index in [2.05, 4.69) is 10.3 Å². The standard InChI is InChI=1S/C16H17ClN2O3/c1-10(13-6-5-12(21-2)8-14(13)22-3)19-16(20)11-4-7-15(17)18-9-11/h4-10H,1-3H3,(H,19,20). The van der Waals surface area contributed by atoms with Crippen LogP contribution in [0, 0.1) is 0 Å². The van der Waals surface area contributed by atoms with E-state index < -0.39 is 0 Å². The lowest BCUT2D eigenvalue weighted by Gasteiger charge is -2.18. The van der Waals surface area contributed by atoms with E-state index in [4.69, 9.17) is 21.1 Å². The van der Waals surface area contributed by atoms with Gasteiger partial charge in [0.15, 0.2) is 0 Å². The van der Waals surface area contributed by atoms with Gasteiger partial charge in [-0.05, 0) is 31.2 Å². The van der Waals surface area contributed by atoms with Crippen LogP contribution in [-0.4, -0.2) is 25.1 Å². The molecule has 1 N–H and O–H groups in total. The van der Waals surface area contributed by atoms with Crippen molar-refractivity contribution in [2.24, 2.45) is 0 Å². The van der Waals surface area contributed by atoms with Crippen molar-refractivity contribution in [3.8, 4) is 11.5 Å². The lowest BCUT2D eigenvalue weighted by Crippen LogP contribution is -2.27. The Bertz CT molecular complexity index is 659. The van der Waals surface area contributed by atoms with Gasteiger partial charge in [-0.25, -0.2) is 4.98 Å². The molecule has 0 saturated carbocycles. The Labute approximate surface area is 134 Å². The van der Waals surface area contributed by atoms with Gasteiger partial charge in [-0.3, -0.25) is 4.79 Å². The molecule has 0 aliphatic carbocycles. The maximum absolute atomic E-state index is 12.2. The fourth-order valence-electron chi connectivity index (χ4n) is 2.04. The number of nitrogens with one attached hydrogen (secondary N) is 1. The van der Waals surface area contributed by atoms with Gasteiger partial charge in [0.1, 0.15) is 16.7 Å². The van der Waals surface area contributed by atoms with Crippen LogP contribution in [0.1, 0.15) is 28.9 Å². The Morgan fingerprint density at radius 3 is 2.59 bits per heavy atom. The Morgan fingerprint density at radius 2 is 2.00 bits per heavy atom. The molecule has 2 rings (SSSR count). The molecule has 116 valence electrons. The predicted octanol–water partition coefficient (Wildman–Crippen LogP) is 3.24. The third-order valence-electron chi connectivity index (χ3n) is 3.24. The summed E-state index contributed by atoms with van der Waals surface area (Å²) in [5, 5.41) is 3.25. The van der Waals surface area contributed by atoms with Gasteiger partial charge in [0.2, 0.25) is 0 Å². The van der Waals surface area contributed by atoms with Crippen LogP contribution in [0.2, 0.25) is 5.15 Å². The van der Waals surface area contributed by atoms with Crippen LogP contribution in [0.3, 0.4) is 0 Å². The molecule has 0 aliphatic rings. The first kappa shape index (κ1) is 16.1. The molecule has 5 nitrogen and oxygen atoms in total. The summed E-state index contributed by atoms with van der Waals surface area (Å²) in [5.74, 6) is 1.12. The van der Waals surface area contributed by atoms with Crippen molar-refractivity contribution < 1.29 is 14.3 Å². The van der Waals surface area contributed by atoms with Crippen LogP contribution in [0.15, 0.2) is 36.5 Å². The van der Waals surface area contributed by atoms with Crippen molar-refractivity contribution in [1.29, 1.82) is 0 Å². The molecule has 22 heavy (non-hydrogen) atoms. The van der Waals surface area contributed by atoms with Gasteiger partial charge in [-0.1, -0.05) is 11.6 Å². The summed E-state index contributed by atoms with van der Waals surface area (Å²) < 4.78 is 10.5. The number of methoxy groups -OCH3 is 2. The molecule has 1 amide bonds. The number of rotatable bonds is 5. The summed E-state index contributed by atoms with van der Waals surface area (Å²) in [4.78, 5) is 16.1. The van der Waals surface area contributed by atoms with Crippen molar-refractivity contribution in [2.75, 3.05) is 14.2 Å². The molecular formula is C16H17ClN2O3. The third-order valence-corrected chi connectivity index (χ3v) is 3.47. The minimum Gasteiger partial charge on any atom is -0.497 e. The number of benzene rings is 1. The van der Waals surface area contributed by atoms with Crippen molar-refractivity contribution >= 4 is 17.5 Å². The summed E-state index contributed by atoms with van der Waals surface area (Å²) in [5.41, 5.74) is 1.31. The van der Waals surface area contributed by atoms with Crippen LogP contribution in [-0.2, 0) is 0 Å². The summed E-state index contributed by atoms with van der Waals surface area (Å²) >= 11 is 5.71. The van der Waals surface area contributed by atoms with E-state index in [1.807, 2.05) is 19.1 Å². The second-order valence-corrected chi connectivity index (χ2v) is 5.06. The first-order chi connectivity index (χ1) is 10.5. The molecule has 0 radical (unpaired) electrons. The van der Waals surface area contributed by atoms with Gasteiger partial charge in [-0.15, -0.1) is 0 Å². The number of pyridine rings is 1. The van der Waals surface area contributed by atoms with Crippen LogP contribution >= 0.6 is 11.6 Å². The number of halogens is 1. The van der Waals surface area contributed by atoms with Crippen molar-refractivity contribution in [3.63, 3.8) is 0 Å². The lowest BCUT2D eigenvalue weighted by molar-refractivity contribution is 0.0939. The van der Waals surface area contributed by atoms with Crippen molar-refractivity contribution in [1.82, 2.24) is 10.3 Å². The van der Waals surface area contributed by atoms with Crippen molar-refractivity contribution in [3.05, 3.63) is 52.8 Å². The monoisotopic (exact) mass is 320 g/mol. The predicted molar refractivity (Wildman–Crippen MR) is 84.7 cm³/mol. The number of ether oxygens (including phenoxy) is 2. The molecule has 6 heteroatoms. The minimum atomic E-state index is -0.232. The number of hydrogen-bond acceptors (Lipinski definition) is 4. The first-order valence-corrected chi connectivity index (χ1v) is 7.07. The molecule has 1 aromatic heterocycles. The van der Waals surface area contributed by atoms with Crippen LogP contribution in [0.4, 0.5) is 0 Å². The van der Waals surface area contributed by atoms with E-state index in [-0.39, 0.29) is 11.9 Å². The fourth-order valence-corrected chi connectivity index (χ4v) is 2.16. The van der Waals surface area contributed by atoms with E-state index in [1.165, 1.54) is 6.20 Å². The maximum atomic E-state index is 12.2. The molecule has 0 fully saturated rings. The molecule has 1 atom stereocenters. The molecular weight excluding hydrogens is 304 g/mol. The highest BCUT2D eigenvalue weighted by Gasteiger charge is 2.16. The highest BCUT2D eigenvalue weighted by molar-refractivity contribution is 6.29. The molecule has 2 aromatic rings. The Kier molecular flexibility index (Phi) is 5.22. The van der Waals surface area contributed by atoms with Crippen molar-refractivity contribution in [2.45, 2.75) is 13.0 Å². The first-order valence-electron chi connectivity index (χ1n) is 6.69. The number of carbonyl (C=O) groups is 1. The zero-order valence-electron chi connectivity index (χ0n) is 12.6. The molecule has 0 bridgehead atoms. The molecule has 1 unspecified atom stereocenters. The molecule has 1 heterocycles. The average Bonchev–Trinajstić information content (AvgIpc) is 2.54. The van der Waals surface area contributed by atoms with E-state index in [0.29, 0.717) is 22.2 Å². The number of carbonyl (C=O) groups excluding carboxylic acids is 1. The molecule has 1 aromatic carbocycles. The van der Waals surface area contributed by atoms with Crippen LogP contribution in [0.5, 0.6) is 11.5 Å². The largest absolute Gasteiger partial charge is 0.497 e. The topological polar surface area (TPSA) is 60.5 Å². The summed E-state index contributed by atoms with van der Waals surface area (Å²) in [6.45, 7) is 1.88. The van der Waals surface area contributed by atoms with Crippen LogP contribution < -0.4 is 14.8 Å². The SMILES string of the molecule is COc1ccc(C(C)NC(=O)c2ccc(Cl)nc2)c(OC)c1. The summed E-state index contributed by atoms with van der Waals surface area (Å²) in [6.07, 6.45) is 1.44. The van der Waals surface area contributed by atoms with E-state index in [9.17, 15) is 4.79 Å². The number of aromatic nitrogens is 1. The van der Waals surface area contributed by atoms with Gasteiger partial charge < -0.3 is 14.8 Å². The quantitative estimate of drug-likeness (QED) is 0.859. The lowest BCUT2D eigenvalue weighted by atomic mass is 10.1.